The number of fused-ring (bicyclic) bond motifs is 3. The molecule has 0 amide bonds. The van der Waals surface area contributed by atoms with Gasteiger partial charge in [0.2, 0.25) is 0 Å². The number of hydrogen-bond acceptors (Lipinski definition) is 9. The van der Waals surface area contributed by atoms with Crippen LogP contribution in [0.2, 0.25) is 0 Å². The van der Waals surface area contributed by atoms with E-state index >= 15 is 0 Å². The quantitative estimate of drug-likeness (QED) is 0.586. The van der Waals surface area contributed by atoms with Crippen molar-refractivity contribution in [2.75, 3.05) is 88.8 Å². The number of para-hydroxylation sites is 1. The zero-order valence-corrected chi connectivity index (χ0v) is 20.6. The van der Waals surface area contributed by atoms with Crippen molar-refractivity contribution in [1.82, 2.24) is 30.2 Å². The second kappa shape index (κ2) is 10.3. The zero-order chi connectivity index (χ0) is 23.6. The third-order valence-corrected chi connectivity index (χ3v) is 8.30. The maximum Gasteiger partial charge on any atom is 0.172 e. The molecule has 4 aliphatic rings. The molecule has 0 radical (unpaired) electrons. The summed E-state index contributed by atoms with van der Waals surface area (Å²) in [6.07, 6.45) is 2.56. The molecule has 2 aromatic rings. The van der Waals surface area contributed by atoms with E-state index in [0.29, 0.717) is 12.1 Å². The molecule has 3 fully saturated rings. The normalized spacial score (nSPS) is 24.6. The Labute approximate surface area is 208 Å². The van der Waals surface area contributed by atoms with Crippen molar-refractivity contribution in [2.24, 2.45) is 0 Å². The number of anilines is 2. The molecule has 9 nitrogen and oxygen atoms in total. The number of phenols is 1. The van der Waals surface area contributed by atoms with Crippen LogP contribution in [0.25, 0.3) is 11.3 Å². The fraction of sp³-hybridized carbons (Fsp3) is 0.615. The molecule has 35 heavy (non-hydrogen) atoms. The van der Waals surface area contributed by atoms with Gasteiger partial charge in [-0.25, -0.2) is 0 Å². The summed E-state index contributed by atoms with van der Waals surface area (Å²) in [4.78, 5) is 10.5. The lowest BCUT2D eigenvalue weighted by Gasteiger charge is -2.49. The van der Waals surface area contributed by atoms with Crippen molar-refractivity contribution in [3.63, 3.8) is 0 Å². The van der Waals surface area contributed by atoms with Crippen molar-refractivity contribution < 1.29 is 5.11 Å². The number of nitrogens with zero attached hydrogens (tertiary/aromatic N) is 6. The van der Waals surface area contributed by atoms with Gasteiger partial charge in [-0.15, -0.1) is 10.2 Å². The van der Waals surface area contributed by atoms with Gasteiger partial charge in [0.1, 0.15) is 5.75 Å². The average Bonchev–Trinajstić information content (AvgIpc) is 2.92. The van der Waals surface area contributed by atoms with E-state index in [4.69, 9.17) is 0 Å². The fourth-order valence-corrected chi connectivity index (χ4v) is 6.19. The minimum atomic E-state index is 0.242. The van der Waals surface area contributed by atoms with Gasteiger partial charge in [-0.2, -0.15) is 0 Å². The number of hydrogen-bond donors (Lipinski definition) is 3. The van der Waals surface area contributed by atoms with Gasteiger partial charge in [0, 0.05) is 77.1 Å². The van der Waals surface area contributed by atoms with Gasteiger partial charge < -0.3 is 25.5 Å². The number of phenolic OH excluding ortho intramolecular Hbond substituents is 1. The van der Waals surface area contributed by atoms with Crippen LogP contribution in [0.15, 0.2) is 30.3 Å². The standard InChI is InChI=1S/C26H38N8O/c35-25-4-2-1-3-22(25)23-17-24-26(30-29-23)28-18-21-19-33(15-16-34(21)24)20-5-9-31(10-6-20)13-14-32-11-7-27-8-12-32/h1-4,17,20-21,27,35H,5-16,18-19H2,(H,28,30)/t21-/m0/s1. The van der Waals surface area contributed by atoms with Crippen LogP contribution >= 0.6 is 0 Å². The summed E-state index contributed by atoms with van der Waals surface area (Å²) < 4.78 is 0. The summed E-state index contributed by atoms with van der Waals surface area (Å²) in [6.45, 7) is 13.6. The number of benzene rings is 1. The van der Waals surface area contributed by atoms with Crippen LogP contribution in [0, 0.1) is 0 Å². The molecule has 3 saturated heterocycles. The van der Waals surface area contributed by atoms with Gasteiger partial charge in [-0.05, 0) is 44.1 Å². The highest BCUT2D eigenvalue weighted by atomic mass is 16.3. The van der Waals surface area contributed by atoms with E-state index in [-0.39, 0.29) is 5.75 Å². The monoisotopic (exact) mass is 478 g/mol. The lowest BCUT2D eigenvalue weighted by molar-refractivity contribution is 0.0856. The molecule has 188 valence electrons. The summed E-state index contributed by atoms with van der Waals surface area (Å²) in [5.74, 6) is 1.10. The minimum Gasteiger partial charge on any atom is -0.507 e. The Morgan fingerprint density at radius 2 is 1.66 bits per heavy atom. The summed E-state index contributed by atoms with van der Waals surface area (Å²) >= 11 is 0. The molecule has 0 unspecified atom stereocenters. The molecule has 1 atom stereocenters. The molecule has 0 bridgehead atoms. The molecule has 0 saturated carbocycles. The number of aromatic hydroxyl groups is 1. The Balaban J connectivity index is 1.05. The number of piperidine rings is 1. The first-order chi connectivity index (χ1) is 17.2. The van der Waals surface area contributed by atoms with Crippen LogP contribution in [-0.4, -0.2) is 121 Å². The van der Waals surface area contributed by atoms with Crippen molar-refractivity contribution in [1.29, 1.82) is 0 Å². The Kier molecular flexibility index (Phi) is 6.73. The molecule has 1 aromatic heterocycles. The Morgan fingerprint density at radius 1 is 0.886 bits per heavy atom. The van der Waals surface area contributed by atoms with Gasteiger partial charge in [-0.1, -0.05) is 12.1 Å². The first-order valence-electron chi connectivity index (χ1n) is 13.3. The molecule has 9 heteroatoms. The number of nitrogens with one attached hydrogen (secondary N) is 2. The van der Waals surface area contributed by atoms with Crippen LogP contribution in [0.5, 0.6) is 5.75 Å². The van der Waals surface area contributed by atoms with Crippen molar-refractivity contribution in [3.8, 4) is 17.0 Å². The third kappa shape index (κ3) is 4.95. The molecule has 6 rings (SSSR count). The second-order valence-electron chi connectivity index (χ2n) is 10.4. The lowest BCUT2D eigenvalue weighted by Crippen LogP contribution is -2.61. The van der Waals surface area contributed by atoms with Crippen molar-refractivity contribution >= 4 is 11.5 Å². The molecule has 0 spiro atoms. The molecule has 3 N–H and O–H groups in total. The summed E-state index contributed by atoms with van der Waals surface area (Å²) in [6, 6.07) is 10.6. The predicted octanol–water partition coefficient (Wildman–Crippen LogP) is 1.13. The molecule has 0 aliphatic carbocycles. The number of piperazine rings is 2. The molecule has 4 aliphatic heterocycles. The maximum atomic E-state index is 10.3. The van der Waals surface area contributed by atoms with Crippen molar-refractivity contribution in [2.45, 2.75) is 24.9 Å². The Bertz CT molecular complexity index is 1000. The summed E-state index contributed by atoms with van der Waals surface area (Å²) in [5, 5.41) is 26.1. The highest BCUT2D eigenvalue weighted by Crippen LogP contribution is 2.36. The van der Waals surface area contributed by atoms with Gasteiger partial charge >= 0.3 is 0 Å². The van der Waals surface area contributed by atoms with Crippen LogP contribution in [0.1, 0.15) is 12.8 Å². The summed E-state index contributed by atoms with van der Waals surface area (Å²) in [5.41, 5.74) is 2.56. The van der Waals surface area contributed by atoms with E-state index in [9.17, 15) is 5.11 Å². The van der Waals surface area contributed by atoms with E-state index in [1.165, 1.54) is 52.1 Å². The topological polar surface area (TPSA) is 83.0 Å². The number of likely N-dealkylation sites (tertiary alicyclic amines) is 1. The van der Waals surface area contributed by atoms with Crippen LogP contribution in [-0.2, 0) is 0 Å². The van der Waals surface area contributed by atoms with Crippen LogP contribution in [0.4, 0.5) is 11.5 Å². The minimum absolute atomic E-state index is 0.242. The maximum absolute atomic E-state index is 10.3. The first-order valence-corrected chi connectivity index (χ1v) is 13.3. The highest BCUT2D eigenvalue weighted by molar-refractivity contribution is 5.76. The van der Waals surface area contributed by atoms with E-state index in [1.807, 2.05) is 18.2 Å². The predicted molar refractivity (Wildman–Crippen MR) is 139 cm³/mol. The average molecular weight is 479 g/mol. The highest BCUT2D eigenvalue weighted by Gasteiger charge is 2.36. The van der Waals surface area contributed by atoms with E-state index in [0.717, 1.165) is 62.0 Å². The summed E-state index contributed by atoms with van der Waals surface area (Å²) in [7, 11) is 0. The van der Waals surface area contributed by atoms with Crippen molar-refractivity contribution in [3.05, 3.63) is 30.3 Å². The number of aromatic nitrogens is 2. The molecular formula is C26H38N8O. The van der Waals surface area contributed by atoms with Crippen LogP contribution in [0.3, 0.4) is 0 Å². The van der Waals surface area contributed by atoms with Gasteiger partial charge in [0.25, 0.3) is 0 Å². The molecular weight excluding hydrogens is 440 g/mol. The van der Waals surface area contributed by atoms with E-state index < -0.39 is 0 Å². The molecule has 1 aromatic carbocycles. The SMILES string of the molecule is Oc1ccccc1-c1cc2c(nn1)NC[C@H]1CN(C3CCN(CCN4CCNCC4)CC3)CCN21. The largest absolute Gasteiger partial charge is 0.507 e. The number of rotatable bonds is 5. The third-order valence-electron chi connectivity index (χ3n) is 8.30. The van der Waals surface area contributed by atoms with E-state index in [1.54, 1.807) is 6.07 Å². The first kappa shape index (κ1) is 23.0. The Hall–Kier alpha value is -2.46. The second-order valence-corrected chi connectivity index (χ2v) is 10.4. The molecule has 5 heterocycles. The van der Waals surface area contributed by atoms with E-state index in [2.05, 4.69) is 46.5 Å². The van der Waals surface area contributed by atoms with Gasteiger partial charge in [0.15, 0.2) is 5.82 Å². The fourth-order valence-electron chi connectivity index (χ4n) is 6.19. The van der Waals surface area contributed by atoms with Gasteiger partial charge in [0.05, 0.1) is 17.4 Å². The zero-order valence-electron chi connectivity index (χ0n) is 20.6. The Morgan fingerprint density at radius 3 is 2.46 bits per heavy atom. The van der Waals surface area contributed by atoms with Crippen LogP contribution < -0.4 is 15.5 Å². The van der Waals surface area contributed by atoms with Gasteiger partial charge in [-0.3, -0.25) is 9.80 Å². The lowest BCUT2D eigenvalue weighted by atomic mass is 9.99. The smallest absolute Gasteiger partial charge is 0.172 e.